The van der Waals surface area contributed by atoms with Crippen LogP contribution in [0.4, 0.5) is 4.79 Å². The van der Waals surface area contributed by atoms with Crippen molar-refractivity contribution in [3.63, 3.8) is 0 Å². The third-order valence-corrected chi connectivity index (χ3v) is 4.75. The van der Waals surface area contributed by atoms with E-state index < -0.39 is 5.97 Å². The number of aromatic carboxylic acids is 1. The number of nitrogens with one attached hydrogen (secondary N) is 2. The molecular weight excluding hydrogens is 344 g/mol. The first-order chi connectivity index (χ1) is 13.1. The van der Waals surface area contributed by atoms with E-state index in [1.54, 1.807) is 12.1 Å². The molecule has 2 amide bonds. The summed E-state index contributed by atoms with van der Waals surface area (Å²) in [4.78, 5) is 23.0. The number of carbonyl (C=O) groups excluding carboxylic acids is 1. The molecule has 1 aliphatic heterocycles. The summed E-state index contributed by atoms with van der Waals surface area (Å²) in [5, 5.41) is 14.6. The maximum absolute atomic E-state index is 12.1. The van der Waals surface area contributed by atoms with Crippen LogP contribution in [0, 0.1) is 5.92 Å². The van der Waals surface area contributed by atoms with Gasteiger partial charge in [0.05, 0.1) is 11.7 Å². The Morgan fingerprint density at radius 3 is 2.48 bits per heavy atom. The van der Waals surface area contributed by atoms with Crippen LogP contribution < -0.4 is 10.6 Å². The first kappa shape index (κ1) is 18.9. The van der Waals surface area contributed by atoms with Gasteiger partial charge in [0.15, 0.2) is 0 Å². The van der Waals surface area contributed by atoms with E-state index in [1.165, 1.54) is 12.1 Å². The molecule has 2 atom stereocenters. The first-order valence-electron chi connectivity index (χ1n) is 9.14. The molecule has 6 nitrogen and oxygen atoms in total. The lowest BCUT2D eigenvalue weighted by atomic mass is 9.89. The van der Waals surface area contributed by atoms with Crippen molar-refractivity contribution in [2.75, 3.05) is 13.2 Å². The minimum atomic E-state index is -0.963. The van der Waals surface area contributed by atoms with E-state index in [9.17, 15) is 9.59 Å². The van der Waals surface area contributed by atoms with Gasteiger partial charge < -0.3 is 20.5 Å². The molecular formula is C21H24N2O4. The number of carboxylic acid groups (broad SMARTS) is 1. The van der Waals surface area contributed by atoms with Crippen LogP contribution in [0.2, 0.25) is 0 Å². The van der Waals surface area contributed by atoms with Crippen molar-refractivity contribution in [3.05, 3.63) is 71.3 Å². The molecule has 27 heavy (non-hydrogen) atoms. The fourth-order valence-corrected chi connectivity index (χ4v) is 3.30. The van der Waals surface area contributed by atoms with Gasteiger partial charge in [0.2, 0.25) is 0 Å². The van der Waals surface area contributed by atoms with E-state index in [2.05, 4.69) is 22.8 Å². The Balaban J connectivity index is 1.48. The summed E-state index contributed by atoms with van der Waals surface area (Å²) in [7, 11) is 0. The molecule has 2 unspecified atom stereocenters. The molecule has 1 heterocycles. The van der Waals surface area contributed by atoms with E-state index in [0.29, 0.717) is 13.1 Å². The minimum absolute atomic E-state index is 0.00353. The SMILES string of the molecule is O=C(NCc1ccc(C(=O)O)cc1)NCC1CCCOC1c1ccccc1. The first-order valence-corrected chi connectivity index (χ1v) is 9.14. The number of hydrogen-bond donors (Lipinski definition) is 3. The van der Waals surface area contributed by atoms with Crippen LogP contribution in [0.15, 0.2) is 54.6 Å². The van der Waals surface area contributed by atoms with Crippen molar-refractivity contribution in [3.8, 4) is 0 Å². The van der Waals surface area contributed by atoms with Crippen LogP contribution in [-0.2, 0) is 11.3 Å². The summed E-state index contributed by atoms with van der Waals surface area (Å²) in [6, 6.07) is 16.3. The number of amides is 2. The van der Waals surface area contributed by atoms with Crippen LogP contribution in [0.3, 0.4) is 0 Å². The van der Waals surface area contributed by atoms with Gasteiger partial charge in [-0.15, -0.1) is 0 Å². The molecule has 0 aliphatic carbocycles. The summed E-state index contributed by atoms with van der Waals surface area (Å²) in [6.45, 7) is 1.63. The van der Waals surface area contributed by atoms with Gasteiger partial charge in [0.1, 0.15) is 0 Å². The molecule has 0 saturated carbocycles. The van der Waals surface area contributed by atoms with E-state index in [4.69, 9.17) is 9.84 Å². The summed E-state index contributed by atoms with van der Waals surface area (Å²) >= 11 is 0. The molecule has 142 valence electrons. The summed E-state index contributed by atoms with van der Waals surface area (Å²) in [5.41, 5.74) is 2.22. The fourth-order valence-electron chi connectivity index (χ4n) is 3.30. The molecule has 1 fully saturated rings. The number of rotatable bonds is 6. The average molecular weight is 368 g/mol. The van der Waals surface area contributed by atoms with Crippen LogP contribution in [-0.4, -0.2) is 30.3 Å². The lowest BCUT2D eigenvalue weighted by Gasteiger charge is -2.32. The molecule has 0 aromatic heterocycles. The molecule has 0 spiro atoms. The largest absolute Gasteiger partial charge is 0.478 e. The van der Waals surface area contributed by atoms with Crippen LogP contribution in [0.5, 0.6) is 0 Å². The van der Waals surface area contributed by atoms with E-state index in [-0.39, 0.29) is 23.6 Å². The molecule has 2 aromatic rings. The highest BCUT2D eigenvalue weighted by Gasteiger charge is 2.27. The van der Waals surface area contributed by atoms with Crippen molar-refractivity contribution in [2.24, 2.45) is 5.92 Å². The third kappa shape index (κ3) is 5.31. The molecule has 1 saturated heterocycles. The second-order valence-electron chi connectivity index (χ2n) is 6.67. The van der Waals surface area contributed by atoms with Gasteiger partial charge in [-0.2, -0.15) is 0 Å². The maximum atomic E-state index is 12.1. The molecule has 1 aliphatic rings. The lowest BCUT2D eigenvalue weighted by molar-refractivity contribution is -0.0269. The quantitative estimate of drug-likeness (QED) is 0.730. The van der Waals surface area contributed by atoms with Crippen molar-refractivity contribution in [1.82, 2.24) is 10.6 Å². The minimum Gasteiger partial charge on any atom is -0.478 e. The second kappa shape index (κ2) is 9.19. The van der Waals surface area contributed by atoms with E-state index in [0.717, 1.165) is 30.6 Å². The number of urea groups is 1. The summed E-state index contributed by atoms with van der Waals surface area (Å²) < 4.78 is 5.95. The molecule has 3 N–H and O–H groups in total. The zero-order chi connectivity index (χ0) is 19.1. The van der Waals surface area contributed by atoms with Gasteiger partial charge in [-0.25, -0.2) is 9.59 Å². The molecule has 0 bridgehead atoms. The average Bonchev–Trinajstić information content (AvgIpc) is 2.72. The molecule has 6 heteroatoms. The van der Waals surface area contributed by atoms with Gasteiger partial charge >= 0.3 is 12.0 Å². The zero-order valence-corrected chi connectivity index (χ0v) is 15.1. The Morgan fingerprint density at radius 1 is 1.04 bits per heavy atom. The monoisotopic (exact) mass is 368 g/mol. The number of benzene rings is 2. The fraction of sp³-hybridized carbons (Fsp3) is 0.333. The predicted octanol–water partition coefficient (Wildman–Crippen LogP) is 3.35. The number of carboxylic acids is 1. The van der Waals surface area contributed by atoms with Crippen molar-refractivity contribution in [1.29, 1.82) is 0 Å². The van der Waals surface area contributed by atoms with Crippen LogP contribution in [0.1, 0.15) is 40.4 Å². The Labute approximate surface area is 158 Å². The Hall–Kier alpha value is -2.86. The number of carbonyl (C=O) groups is 2. The Morgan fingerprint density at radius 2 is 1.78 bits per heavy atom. The highest BCUT2D eigenvalue weighted by molar-refractivity contribution is 5.87. The standard InChI is InChI=1S/C21H24N2O4/c24-20(25)17-10-8-15(9-11-17)13-22-21(26)23-14-18-7-4-12-27-19(18)16-5-2-1-3-6-16/h1-3,5-6,8-11,18-19H,4,7,12-14H2,(H,24,25)(H2,22,23,26). The highest BCUT2D eigenvalue weighted by Crippen LogP contribution is 2.32. The normalized spacial score (nSPS) is 19.3. The van der Waals surface area contributed by atoms with Gasteiger partial charge in [-0.3, -0.25) is 0 Å². The third-order valence-electron chi connectivity index (χ3n) is 4.75. The predicted molar refractivity (Wildman–Crippen MR) is 101 cm³/mol. The lowest BCUT2D eigenvalue weighted by Crippen LogP contribution is -2.40. The van der Waals surface area contributed by atoms with E-state index >= 15 is 0 Å². The summed E-state index contributed by atoms with van der Waals surface area (Å²) in [6.07, 6.45) is 2.01. The molecule has 3 rings (SSSR count). The number of ether oxygens (including phenoxy) is 1. The van der Waals surface area contributed by atoms with Gasteiger partial charge in [-0.05, 0) is 36.1 Å². The Kier molecular flexibility index (Phi) is 6.44. The van der Waals surface area contributed by atoms with Gasteiger partial charge in [0, 0.05) is 25.6 Å². The Bertz CT molecular complexity index is 762. The smallest absolute Gasteiger partial charge is 0.335 e. The highest BCUT2D eigenvalue weighted by atomic mass is 16.5. The molecule has 0 radical (unpaired) electrons. The molecule has 2 aromatic carbocycles. The number of hydrogen-bond acceptors (Lipinski definition) is 3. The van der Waals surface area contributed by atoms with Crippen molar-refractivity contribution in [2.45, 2.75) is 25.5 Å². The van der Waals surface area contributed by atoms with Crippen LogP contribution in [0.25, 0.3) is 0 Å². The zero-order valence-electron chi connectivity index (χ0n) is 15.1. The summed E-state index contributed by atoms with van der Waals surface area (Å²) in [5.74, 6) is -0.725. The van der Waals surface area contributed by atoms with Crippen molar-refractivity contribution < 1.29 is 19.4 Å². The van der Waals surface area contributed by atoms with E-state index in [1.807, 2.05) is 18.2 Å². The second-order valence-corrected chi connectivity index (χ2v) is 6.67. The van der Waals surface area contributed by atoms with Gasteiger partial charge in [0.25, 0.3) is 0 Å². The van der Waals surface area contributed by atoms with Gasteiger partial charge in [-0.1, -0.05) is 42.5 Å². The van der Waals surface area contributed by atoms with Crippen molar-refractivity contribution >= 4 is 12.0 Å². The van der Waals surface area contributed by atoms with Crippen LogP contribution >= 0.6 is 0 Å². The maximum Gasteiger partial charge on any atom is 0.335 e. The topological polar surface area (TPSA) is 87.7 Å².